The maximum absolute atomic E-state index is 12.7. The lowest BCUT2D eigenvalue weighted by atomic mass is 10.2. The zero-order chi connectivity index (χ0) is 13.7. The van der Waals surface area contributed by atoms with Crippen LogP contribution in [0, 0.1) is 0 Å². The van der Waals surface area contributed by atoms with Gasteiger partial charge in [0.15, 0.2) is 5.78 Å². The highest BCUT2D eigenvalue weighted by atomic mass is 31.2. The molecule has 2 aromatic rings. The summed E-state index contributed by atoms with van der Waals surface area (Å²) >= 11 is 0. The molecule has 0 saturated carbocycles. The number of hydrogen-bond donors (Lipinski definition) is 0. The summed E-state index contributed by atoms with van der Waals surface area (Å²) in [5.74, 6) is -0.172. The Hall–Kier alpha value is -1.70. The molecular weight excluding hydrogens is 259 g/mol. The quantitative estimate of drug-likeness (QED) is 0.621. The van der Waals surface area contributed by atoms with Gasteiger partial charge in [0.05, 0.1) is 6.16 Å². The lowest BCUT2D eigenvalue weighted by molar-refractivity contribution is 0.101. The Morgan fingerprint density at radius 3 is 2.05 bits per heavy atom. The third-order valence-corrected chi connectivity index (χ3v) is 5.27. The molecule has 2 rings (SSSR count). The van der Waals surface area contributed by atoms with Gasteiger partial charge in [0, 0.05) is 18.0 Å². The van der Waals surface area contributed by atoms with Gasteiger partial charge in [0.25, 0.3) is 0 Å². The van der Waals surface area contributed by atoms with Gasteiger partial charge in [-0.15, -0.1) is 0 Å². The van der Waals surface area contributed by atoms with Crippen molar-refractivity contribution in [3.8, 4) is 0 Å². The molecule has 0 aliphatic rings. The topological polar surface area (TPSA) is 43.4 Å². The summed E-state index contributed by atoms with van der Waals surface area (Å²) in [5.41, 5.74) is 0.552. The molecule has 0 spiro atoms. The van der Waals surface area contributed by atoms with Crippen molar-refractivity contribution in [2.75, 3.05) is 13.3 Å². The first kappa shape index (κ1) is 13.7. The van der Waals surface area contributed by atoms with Crippen LogP contribution < -0.4 is 5.30 Å². The van der Waals surface area contributed by atoms with E-state index in [-0.39, 0.29) is 11.9 Å². The fourth-order valence-corrected chi connectivity index (χ4v) is 3.53. The fraction of sp³-hybridized carbons (Fsp3) is 0.133. The van der Waals surface area contributed by atoms with E-state index in [0.717, 1.165) is 0 Å². The second-order valence-corrected chi connectivity index (χ2v) is 6.68. The maximum Gasteiger partial charge on any atom is 0.239 e. The number of Topliss-reactive ketones (excluding diaryl/α,β-unsaturated/α-hetero) is 1. The van der Waals surface area contributed by atoms with Gasteiger partial charge in [-0.2, -0.15) is 0 Å². The van der Waals surface area contributed by atoms with Gasteiger partial charge in [-0.1, -0.05) is 48.5 Å². The largest absolute Gasteiger partial charge is 0.328 e. The van der Waals surface area contributed by atoms with Crippen LogP contribution >= 0.6 is 7.37 Å². The molecule has 0 N–H and O–H groups in total. The average Bonchev–Trinajstić information content (AvgIpc) is 2.49. The highest BCUT2D eigenvalue weighted by Crippen LogP contribution is 2.45. The van der Waals surface area contributed by atoms with Crippen LogP contribution in [0.15, 0.2) is 60.7 Å². The van der Waals surface area contributed by atoms with Gasteiger partial charge >= 0.3 is 0 Å². The molecule has 0 aliphatic heterocycles. The van der Waals surface area contributed by atoms with Crippen molar-refractivity contribution in [1.82, 2.24) is 0 Å². The molecule has 0 aromatic heterocycles. The zero-order valence-electron chi connectivity index (χ0n) is 10.7. The van der Waals surface area contributed by atoms with E-state index in [1.165, 1.54) is 7.11 Å². The van der Waals surface area contributed by atoms with Crippen LogP contribution in [-0.2, 0) is 9.09 Å². The van der Waals surface area contributed by atoms with E-state index in [2.05, 4.69) is 0 Å². The number of hydrogen-bond acceptors (Lipinski definition) is 3. The summed E-state index contributed by atoms with van der Waals surface area (Å²) in [6.45, 7) is 0. The van der Waals surface area contributed by atoms with Crippen LogP contribution in [0.25, 0.3) is 0 Å². The minimum Gasteiger partial charge on any atom is -0.328 e. The minimum absolute atomic E-state index is 0.114. The monoisotopic (exact) mass is 274 g/mol. The number of carbonyl (C=O) groups excluding carboxylic acids is 1. The number of carbonyl (C=O) groups is 1. The van der Waals surface area contributed by atoms with Gasteiger partial charge in [0.1, 0.15) is 0 Å². The van der Waals surface area contributed by atoms with E-state index in [4.69, 9.17) is 4.52 Å². The molecule has 1 atom stereocenters. The molecule has 98 valence electrons. The second kappa shape index (κ2) is 5.96. The molecule has 19 heavy (non-hydrogen) atoms. The molecule has 0 bridgehead atoms. The summed E-state index contributed by atoms with van der Waals surface area (Å²) < 4.78 is 17.9. The van der Waals surface area contributed by atoms with Gasteiger partial charge in [-0.05, 0) is 12.1 Å². The summed E-state index contributed by atoms with van der Waals surface area (Å²) in [4.78, 5) is 12.1. The van der Waals surface area contributed by atoms with Crippen LogP contribution in [0.4, 0.5) is 0 Å². The minimum atomic E-state index is -3.12. The van der Waals surface area contributed by atoms with E-state index in [0.29, 0.717) is 10.9 Å². The normalized spacial score (nSPS) is 13.7. The Bertz CT molecular complexity index is 593. The molecule has 2 aromatic carbocycles. The summed E-state index contributed by atoms with van der Waals surface area (Å²) in [6, 6.07) is 17.7. The van der Waals surface area contributed by atoms with Gasteiger partial charge in [-0.25, -0.2) is 0 Å². The maximum atomic E-state index is 12.7. The van der Waals surface area contributed by atoms with Gasteiger partial charge in [0.2, 0.25) is 7.37 Å². The SMILES string of the molecule is COP(=O)(CC(=O)c1ccccc1)c1ccccc1. The lowest BCUT2D eigenvalue weighted by Gasteiger charge is -2.15. The number of rotatable bonds is 5. The zero-order valence-corrected chi connectivity index (χ0v) is 11.5. The van der Waals surface area contributed by atoms with Crippen LogP contribution in [0.5, 0.6) is 0 Å². The molecule has 3 nitrogen and oxygen atoms in total. The first-order valence-corrected chi connectivity index (χ1v) is 7.75. The number of benzene rings is 2. The molecule has 0 amide bonds. The predicted octanol–water partition coefficient (Wildman–Crippen LogP) is 3.12. The van der Waals surface area contributed by atoms with E-state index < -0.39 is 7.37 Å². The standard InChI is InChI=1S/C15H15O3P/c1-18-19(17,14-10-6-3-7-11-14)12-15(16)13-8-4-2-5-9-13/h2-11H,12H2,1H3. The lowest BCUT2D eigenvalue weighted by Crippen LogP contribution is -2.15. The Morgan fingerprint density at radius 1 is 1.00 bits per heavy atom. The average molecular weight is 274 g/mol. The van der Waals surface area contributed by atoms with Gasteiger partial charge < -0.3 is 4.52 Å². The summed E-state index contributed by atoms with van der Waals surface area (Å²) in [5, 5.41) is 0.571. The van der Waals surface area contributed by atoms with Crippen LogP contribution in [0.1, 0.15) is 10.4 Å². The molecule has 0 aliphatic carbocycles. The molecule has 0 fully saturated rings. The molecular formula is C15H15O3P. The van der Waals surface area contributed by atoms with Crippen molar-refractivity contribution in [3.63, 3.8) is 0 Å². The molecule has 4 heteroatoms. The smallest absolute Gasteiger partial charge is 0.239 e. The third-order valence-electron chi connectivity index (χ3n) is 2.89. The first-order valence-electron chi connectivity index (χ1n) is 5.94. The van der Waals surface area contributed by atoms with E-state index in [9.17, 15) is 9.36 Å². The van der Waals surface area contributed by atoms with Crippen molar-refractivity contribution in [2.24, 2.45) is 0 Å². The highest BCUT2D eigenvalue weighted by molar-refractivity contribution is 7.67. The van der Waals surface area contributed by atoms with Crippen LogP contribution in [-0.4, -0.2) is 19.1 Å². The van der Waals surface area contributed by atoms with Crippen molar-refractivity contribution < 1.29 is 13.9 Å². The Balaban J connectivity index is 2.25. The van der Waals surface area contributed by atoms with Crippen molar-refractivity contribution in [3.05, 3.63) is 66.2 Å². The fourth-order valence-electron chi connectivity index (χ4n) is 1.82. The highest BCUT2D eigenvalue weighted by Gasteiger charge is 2.28. The van der Waals surface area contributed by atoms with Crippen LogP contribution in [0.2, 0.25) is 0 Å². The van der Waals surface area contributed by atoms with E-state index in [1.54, 1.807) is 48.5 Å². The first-order chi connectivity index (χ1) is 9.15. The molecule has 0 heterocycles. The van der Waals surface area contributed by atoms with Crippen LogP contribution in [0.3, 0.4) is 0 Å². The second-order valence-electron chi connectivity index (χ2n) is 4.14. The summed E-state index contributed by atoms with van der Waals surface area (Å²) in [7, 11) is -1.74. The third kappa shape index (κ3) is 3.19. The van der Waals surface area contributed by atoms with E-state index in [1.807, 2.05) is 12.1 Å². The predicted molar refractivity (Wildman–Crippen MR) is 76.3 cm³/mol. The van der Waals surface area contributed by atoms with Crippen molar-refractivity contribution >= 4 is 18.5 Å². The summed E-state index contributed by atoms with van der Waals surface area (Å²) in [6.07, 6.45) is -0.114. The molecule has 0 saturated heterocycles. The Labute approximate surface area is 112 Å². The number of ketones is 1. The molecule has 1 unspecified atom stereocenters. The Morgan fingerprint density at radius 2 is 1.53 bits per heavy atom. The van der Waals surface area contributed by atoms with E-state index >= 15 is 0 Å². The Kier molecular flexibility index (Phi) is 4.31. The molecule has 0 radical (unpaired) electrons. The van der Waals surface area contributed by atoms with Crippen molar-refractivity contribution in [1.29, 1.82) is 0 Å². The van der Waals surface area contributed by atoms with Gasteiger partial charge in [-0.3, -0.25) is 9.36 Å². The van der Waals surface area contributed by atoms with Crippen molar-refractivity contribution in [2.45, 2.75) is 0 Å².